The van der Waals surface area contributed by atoms with E-state index in [4.69, 9.17) is 4.74 Å². The number of amides is 1. The number of hydrogen-bond acceptors (Lipinski definition) is 6. The van der Waals surface area contributed by atoms with Gasteiger partial charge in [0.05, 0.1) is 11.1 Å². The zero-order valence-electron chi connectivity index (χ0n) is 21.3. The molecule has 188 valence electrons. The minimum Gasteiger partial charge on any atom is -0.439 e. The second-order valence-electron chi connectivity index (χ2n) is 9.16. The molecule has 6 rings (SSSR count). The summed E-state index contributed by atoms with van der Waals surface area (Å²) in [5, 5.41) is 7.35. The van der Waals surface area contributed by atoms with Crippen molar-refractivity contribution in [1.82, 2.24) is 19.5 Å². The van der Waals surface area contributed by atoms with Crippen molar-refractivity contribution in [3.05, 3.63) is 90.4 Å². The van der Waals surface area contributed by atoms with Gasteiger partial charge in [-0.05, 0) is 66.9 Å². The Morgan fingerprint density at radius 3 is 2.74 bits per heavy atom. The van der Waals surface area contributed by atoms with E-state index >= 15 is 0 Å². The Balaban J connectivity index is 1.46. The van der Waals surface area contributed by atoms with Gasteiger partial charge < -0.3 is 19.9 Å². The molecule has 8 heteroatoms. The summed E-state index contributed by atoms with van der Waals surface area (Å²) in [4.78, 5) is 25.6. The highest BCUT2D eigenvalue weighted by Crippen LogP contribution is 2.46. The van der Waals surface area contributed by atoms with E-state index in [-0.39, 0.29) is 5.91 Å². The number of ether oxygens (including phenoxy) is 1. The maximum absolute atomic E-state index is 12.0. The molecule has 0 atom stereocenters. The van der Waals surface area contributed by atoms with Crippen LogP contribution in [0.15, 0.2) is 79.1 Å². The fraction of sp³-hybridized carbons (Fsp3) is 0.133. The summed E-state index contributed by atoms with van der Waals surface area (Å²) in [5.41, 5.74) is 7.73. The third-order valence-electron chi connectivity index (χ3n) is 6.59. The van der Waals surface area contributed by atoms with Crippen LogP contribution in [-0.2, 0) is 18.4 Å². The fourth-order valence-electron chi connectivity index (χ4n) is 4.93. The lowest BCUT2D eigenvalue weighted by molar-refractivity contribution is -0.111. The van der Waals surface area contributed by atoms with Crippen LogP contribution in [-0.4, -0.2) is 25.4 Å². The Kier molecular flexibility index (Phi) is 5.84. The molecular formula is C30H26N6O2. The molecule has 0 saturated carbocycles. The molecule has 0 fully saturated rings. The number of fused-ring (bicyclic) bond motifs is 2. The minimum absolute atomic E-state index is 0.157. The van der Waals surface area contributed by atoms with Gasteiger partial charge in [0, 0.05) is 36.6 Å². The summed E-state index contributed by atoms with van der Waals surface area (Å²) >= 11 is 0. The van der Waals surface area contributed by atoms with Crippen LogP contribution in [0.1, 0.15) is 18.2 Å². The third-order valence-corrected chi connectivity index (χ3v) is 6.59. The predicted octanol–water partition coefficient (Wildman–Crippen LogP) is 6.24. The Labute approximate surface area is 220 Å². The lowest BCUT2D eigenvalue weighted by Gasteiger charge is -2.14. The first-order valence-corrected chi connectivity index (χ1v) is 12.4. The van der Waals surface area contributed by atoms with Gasteiger partial charge in [-0.25, -0.2) is 15.0 Å². The first-order chi connectivity index (χ1) is 18.5. The molecule has 0 unspecified atom stereocenters. The van der Waals surface area contributed by atoms with Crippen molar-refractivity contribution in [2.75, 3.05) is 10.6 Å². The van der Waals surface area contributed by atoms with E-state index in [0.29, 0.717) is 12.4 Å². The van der Waals surface area contributed by atoms with Crippen LogP contribution in [0.2, 0.25) is 0 Å². The van der Waals surface area contributed by atoms with E-state index in [1.165, 1.54) is 6.08 Å². The summed E-state index contributed by atoms with van der Waals surface area (Å²) in [5.74, 6) is 1.91. The molecule has 38 heavy (non-hydrogen) atoms. The highest BCUT2D eigenvalue weighted by Gasteiger charge is 2.26. The second-order valence-corrected chi connectivity index (χ2v) is 9.16. The molecule has 1 aliphatic heterocycles. The summed E-state index contributed by atoms with van der Waals surface area (Å²) in [6, 6.07) is 19.7. The number of nitrogens with zero attached hydrogens (tertiary/aromatic N) is 4. The van der Waals surface area contributed by atoms with Crippen LogP contribution in [0, 0.1) is 6.92 Å². The number of allylic oxidation sites excluding steroid dienone is 1. The topological polar surface area (TPSA) is 94.0 Å². The van der Waals surface area contributed by atoms with Crippen molar-refractivity contribution in [2.24, 2.45) is 7.05 Å². The molecular weight excluding hydrogens is 476 g/mol. The molecule has 0 aliphatic carbocycles. The number of rotatable bonds is 5. The molecule has 2 aromatic carbocycles. The number of carbonyl (C=O) groups is 1. The van der Waals surface area contributed by atoms with Crippen LogP contribution >= 0.6 is 0 Å². The zero-order valence-corrected chi connectivity index (χ0v) is 21.3. The number of benzene rings is 2. The fourth-order valence-corrected chi connectivity index (χ4v) is 4.93. The molecule has 2 N–H and O–H groups in total. The lowest BCUT2D eigenvalue weighted by atomic mass is 9.95. The Morgan fingerprint density at radius 2 is 1.95 bits per heavy atom. The van der Waals surface area contributed by atoms with Gasteiger partial charge in [0.2, 0.25) is 11.8 Å². The third kappa shape index (κ3) is 4.16. The standard InChI is InChI=1S/C30H26N6O2/c1-4-6-24(37)35-21-11-9-19(10-12-21)28-26-23-14-13-22(38-25-8-5-7-18(2)34-25)15-20(23)16-31-29-27(26)30(36(28)3)33-17-32-29/h4-15,17H,16H2,1-3H3,(H,35,37)(H,31,32,33)/b6-4+. The average Bonchev–Trinajstić information content (AvgIpc) is 3.10. The van der Waals surface area contributed by atoms with E-state index in [1.54, 1.807) is 12.4 Å². The van der Waals surface area contributed by atoms with Gasteiger partial charge in [-0.1, -0.05) is 30.3 Å². The van der Waals surface area contributed by atoms with E-state index in [2.05, 4.69) is 36.2 Å². The average molecular weight is 503 g/mol. The summed E-state index contributed by atoms with van der Waals surface area (Å²) < 4.78 is 8.19. The van der Waals surface area contributed by atoms with E-state index in [0.717, 1.165) is 61.9 Å². The van der Waals surface area contributed by atoms with Crippen LogP contribution in [0.4, 0.5) is 11.5 Å². The van der Waals surface area contributed by atoms with Crippen molar-refractivity contribution in [3.8, 4) is 34.0 Å². The van der Waals surface area contributed by atoms with Crippen LogP contribution < -0.4 is 15.4 Å². The molecule has 1 aliphatic rings. The van der Waals surface area contributed by atoms with Crippen molar-refractivity contribution in [2.45, 2.75) is 20.4 Å². The molecule has 4 heterocycles. The number of anilines is 2. The van der Waals surface area contributed by atoms with Crippen molar-refractivity contribution < 1.29 is 9.53 Å². The van der Waals surface area contributed by atoms with Gasteiger partial charge in [-0.3, -0.25) is 4.79 Å². The smallest absolute Gasteiger partial charge is 0.248 e. The SMILES string of the molecule is C/C=C/C(=O)Nc1ccc(-c2c3c4c(ncnc4n2C)NCc2cc(Oc4cccc(C)n4)ccc2-3)cc1. The van der Waals surface area contributed by atoms with E-state index < -0.39 is 0 Å². The van der Waals surface area contributed by atoms with Gasteiger partial charge in [-0.15, -0.1) is 0 Å². The normalized spacial score (nSPS) is 12.2. The second kappa shape index (κ2) is 9.48. The van der Waals surface area contributed by atoms with Crippen molar-refractivity contribution >= 4 is 28.4 Å². The number of hydrogen-bond donors (Lipinski definition) is 2. The molecule has 0 bridgehead atoms. The number of aryl methyl sites for hydroxylation is 2. The summed E-state index contributed by atoms with van der Waals surface area (Å²) in [7, 11) is 2.02. The number of aromatic nitrogens is 4. The summed E-state index contributed by atoms with van der Waals surface area (Å²) in [6.07, 6.45) is 4.81. The van der Waals surface area contributed by atoms with E-state index in [1.807, 2.05) is 75.5 Å². The maximum atomic E-state index is 12.0. The first-order valence-electron chi connectivity index (χ1n) is 12.4. The van der Waals surface area contributed by atoms with Gasteiger partial charge in [0.25, 0.3) is 0 Å². The van der Waals surface area contributed by atoms with E-state index in [9.17, 15) is 4.79 Å². The monoisotopic (exact) mass is 502 g/mol. The van der Waals surface area contributed by atoms with Crippen LogP contribution in [0.25, 0.3) is 33.4 Å². The van der Waals surface area contributed by atoms with Crippen LogP contribution in [0.3, 0.4) is 0 Å². The van der Waals surface area contributed by atoms with Gasteiger partial charge in [0.15, 0.2) is 0 Å². The van der Waals surface area contributed by atoms with Crippen molar-refractivity contribution in [3.63, 3.8) is 0 Å². The van der Waals surface area contributed by atoms with Crippen LogP contribution in [0.5, 0.6) is 11.6 Å². The Hall–Kier alpha value is -4.98. The molecule has 0 spiro atoms. The molecule has 8 nitrogen and oxygen atoms in total. The number of nitrogens with one attached hydrogen (secondary N) is 2. The molecule has 1 amide bonds. The highest BCUT2D eigenvalue weighted by molar-refractivity contribution is 6.09. The van der Waals surface area contributed by atoms with Gasteiger partial charge >= 0.3 is 0 Å². The number of pyridine rings is 1. The minimum atomic E-state index is -0.157. The Morgan fingerprint density at radius 1 is 1.11 bits per heavy atom. The highest BCUT2D eigenvalue weighted by atomic mass is 16.5. The Bertz CT molecular complexity index is 1720. The molecule has 3 aromatic heterocycles. The van der Waals surface area contributed by atoms with Gasteiger partial charge in [-0.2, -0.15) is 0 Å². The zero-order chi connectivity index (χ0) is 26.2. The van der Waals surface area contributed by atoms with Gasteiger partial charge in [0.1, 0.15) is 23.5 Å². The molecule has 0 radical (unpaired) electrons. The van der Waals surface area contributed by atoms with Crippen molar-refractivity contribution in [1.29, 1.82) is 0 Å². The predicted molar refractivity (Wildman–Crippen MR) is 149 cm³/mol. The number of carbonyl (C=O) groups excluding carboxylic acids is 1. The quantitative estimate of drug-likeness (QED) is 0.276. The summed E-state index contributed by atoms with van der Waals surface area (Å²) in [6.45, 7) is 4.35. The first kappa shape index (κ1) is 23.4. The largest absolute Gasteiger partial charge is 0.439 e. The molecule has 0 saturated heterocycles. The maximum Gasteiger partial charge on any atom is 0.248 e. The molecule has 5 aromatic rings. The lowest BCUT2D eigenvalue weighted by Crippen LogP contribution is -2.07.